The summed E-state index contributed by atoms with van der Waals surface area (Å²) < 4.78 is 32.7. The Morgan fingerprint density at radius 3 is 2.12 bits per heavy atom. The van der Waals surface area contributed by atoms with E-state index in [1.165, 1.54) is 37.7 Å². The number of anilines is 1. The van der Waals surface area contributed by atoms with Crippen LogP contribution < -0.4 is 9.46 Å². The summed E-state index contributed by atoms with van der Waals surface area (Å²) in [6.07, 6.45) is 6.26. The van der Waals surface area contributed by atoms with Gasteiger partial charge in [0.15, 0.2) is 0 Å². The first-order valence-corrected chi connectivity index (χ1v) is 9.84. The van der Waals surface area contributed by atoms with E-state index in [1.54, 1.807) is 43.5 Å². The molecule has 24 heavy (non-hydrogen) atoms. The third kappa shape index (κ3) is 3.90. The van der Waals surface area contributed by atoms with E-state index in [0.29, 0.717) is 17.4 Å². The van der Waals surface area contributed by atoms with E-state index >= 15 is 0 Å². The molecular weight excluding hydrogens is 322 g/mol. The first-order chi connectivity index (χ1) is 11.6. The van der Waals surface area contributed by atoms with Crippen LogP contribution in [0.25, 0.3) is 0 Å². The quantitative estimate of drug-likeness (QED) is 0.865. The van der Waals surface area contributed by atoms with Gasteiger partial charge in [-0.25, -0.2) is 8.42 Å². The van der Waals surface area contributed by atoms with Gasteiger partial charge in [0.05, 0.1) is 12.0 Å². The Kier molecular flexibility index (Phi) is 5.09. The molecule has 3 rings (SSSR count). The molecule has 0 aromatic heterocycles. The minimum absolute atomic E-state index is 0.290. The van der Waals surface area contributed by atoms with Crippen molar-refractivity contribution in [2.45, 2.75) is 42.9 Å². The number of nitrogens with one attached hydrogen (secondary N) is 1. The van der Waals surface area contributed by atoms with E-state index < -0.39 is 10.0 Å². The standard InChI is InChI=1S/C19H23NO3S/c1-23-18-11-9-17(10-12-18)20-24(21,22)19-13-7-16(8-14-19)15-5-3-2-4-6-15/h7-15,20H,2-6H2,1H3. The Morgan fingerprint density at radius 1 is 0.917 bits per heavy atom. The highest BCUT2D eigenvalue weighted by Crippen LogP contribution is 2.33. The van der Waals surface area contributed by atoms with Crippen molar-refractivity contribution in [3.63, 3.8) is 0 Å². The third-order valence-corrected chi connectivity index (χ3v) is 6.01. The summed E-state index contributed by atoms with van der Waals surface area (Å²) >= 11 is 0. The fraction of sp³-hybridized carbons (Fsp3) is 0.368. The Labute approximate surface area is 143 Å². The molecule has 0 aliphatic heterocycles. The van der Waals surface area contributed by atoms with Gasteiger partial charge in [-0.05, 0) is 60.7 Å². The Hall–Kier alpha value is -2.01. The van der Waals surface area contributed by atoms with Crippen LogP contribution in [0.15, 0.2) is 53.4 Å². The summed E-state index contributed by atoms with van der Waals surface area (Å²) in [7, 11) is -1.99. The number of benzene rings is 2. The average Bonchev–Trinajstić information content (AvgIpc) is 2.63. The fourth-order valence-electron chi connectivity index (χ4n) is 3.23. The van der Waals surface area contributed by atoms with E-state index in [2.05, 4.69) is 4.72 Å². The minimum atomic E-state index is -3.57. The number of ether oxygens (including phenoxy) is 1. The van der Waals surface area contributed by atoms with Crippen molar-refractivity contribution in [3.8, 4) is 5.75 Å². The predicted octanol–water partition coefficient (Wildman–Crippen LogP) is 4.54. The summed E-state index contributed by atoms with van der Waals surface area (Å²) in [5.41, 5.74) is 1.77. The molecule has 2 aromatic rings. The van der Waals surface area contributed by atoms with Crippen molar-refractivity contribution in [2.75, 3.05) is 11.8 Å². The normalized spacial score (nSPS) is 15.9. The second-order valence-electron chi connectivity index (χ2n) is 6.24. The van der Waals surface area contributed by atoms with Gasteiger partial charge in [-0.3, -0.25) is 4.72 Å². The fourth-order valence-corrected chi connectivity index (χ4v) is 4.29. The smallest absolute Gasteiger partial charge is 0.261 e. The van der Waals surface area contributed by atoms with Crippen LogP contribution in [0.3, 0.4) is 0 Å². The van der Waals surface area contributed by atoms with Crippen molar-refractivity contribution >= 4 is 15.7 Å². The van der Waals surface area contributed by atoms with Crippen molar-refractivity contribution in [3.05, 3.63) is 54.1 Å². The van der Waals surface area contributed by atoms with Gasteiger partial charge in [0.2, 0.25) is 0 Å². The molecule has 1 N–H and O–H groups in total. The van der Waals surface area contributed by atoms with Gasteiger partial charge >= 0.3 is 0 Å². The van der Waals surface area contributed by atoms with Gasteiger partial charge < -0.3 is 4.74 Å². The largest absolute Gasteiger partial charge is 0.497 e. The number of hydrogen-bond donors (Lipinski definition) is 1. The Morgan fingerprint density at radius 2 is 1.54 bits per heavy atom. The lowest BCUT2D eigenvalue weighted by atomic mass is 9.84. The molecule has 0 radical (unpaired) electrons. The van der Waals surface area contributed by atoms with Gasteiger partial charge in [0.25, 0.3) is 10.0 Å². The van der Waals surface area contributed by atoms with E-state index in [1.807, 2.05) is 12.1 Å². The van der Waals surface area contributed by atoms with Crippen molar-refractivity contribution in [1.29, 1.82) is 0 Å². The molecule has 0 bridgehead atoms. The van der Waals surface area contributed by atoms with Gasteiger partial charge in [0, 0.05) is 5.69 Å². The van der Waals surface area contributed by atoms with Crippen molar-refractivity contribution in [2.24, 2.45) is 0 Å². The molecule has 0 saturated heterocycles. The highest BCUT2D eigenvalue weighted by molar-refractivity contribution is 7.92. The van der Waals surface area contributed by atoms with Crippen LogP contribution >= 0.6 is 0 Å². The Balaban J connectivity index is 1.73. The molecule has 2 aromatic carbocycles. The van der Waals surface area contributed by atoms with E-state index in [-0.39, 0.29) is 4.90 Å². The molecule has 0 spiro atoms. The third-order valence-electron chi connectivity index (χ3n) is 4.61. The van der Waals surface area contributed by atoms with Crippen LogP contribution in [0.2, 0.25) is 0 Å². The highest BCUT2D eigenvalue weighted by atomic mass is 32.2. The molecule has 0 unspecified atom stereocenters. The monoisotopic (exact) mass is 345 g/mol. The first-order valence-electron chi connectivity index (χ1n) is 8.35. The van der Waals surface area contributed by atoms with Crippen LogP contribution in [0.4, 0.5) is 5.69 Å². The number of methoxy groups -OCH3 is 1. The topological polar surface area (TPSA) is 55.4 Å². The highest BCUT2D eigenvalue weighted by Gasteiger charge is 2.18. The summed E-state index contributed by atoms with van der Waals surface area (Å²) in [6.45, 7) is 0. The summed E-state index contributed by atoms with van der Waals surface area (Å²) in [6, 6.07) is 14.1. The van der Waals surface area contributed by atoms with Crippen LogP contribution in [0.5, 0.6) is 5.75 Å². The zero-order valence-electron chi connectivity index (χ0n) is 13.9. The molecule has 5 heteroatoms. The van der Waals surface area contributed by atoms with E-state index in [9.17, 15) is 8.42 Å². The van der Waals surface area contributed by atoms with Crippen LogP contribution in [0.1, 0.15) is 43.6 Å². The Bertz CT molecular complexity index is 761. The molecule has 1 saturated carbocycles. The molecule has 0 amide bonds. The average molecular weight is 345 g/mol. The maximum Gasteiger partial charge on any atom is 0.261 e. The summed E-state index contributed by atoms with van der Waals surface area (Å²) in [5.74, 6) is 1.26. The lowest BCUT2D eigenvalue weighted by Gasteiger charge is -2.22. The summed E-state index contributed by atoms with van der Waals surface area (Å²) in [5, 5.41) is 0. The van der Waals surface area contributed by atoms with E-state index in [4.69, 9.17) is 4.74 Å². The lowest BCUT2D eigenvalue weighted by molar-refractivity contribution is 0.415. The lowest BCUT2D eigenvalue weighted by Crippen LogP contribution is -2.13. The SMILES string of the molecule is COc1ccc(NS(=O)(=O)c2ccc(C3CCCCC3)cc2)cc1. The maximum atomic E-state index is 12.5. The number of rotatable bonds is 5. The van der Waals surface area contributed by atoms with Gasteiger partial charge in [0.1, 0.15) is 5.75 Å². The molecule has 0 heterocycles. The van der Waals surface area contributed by atoms with E-state index in [0.717, 1.165) is 0 Å². The number of sulfonamides is 1. The molecule has 1 fully saturated rings. The van der Waals surface area contributed by atoms with Crippen LogP contribution in [-0.2, 0) is 10.0 Å². The first kappa shape index (κ1) is 16.8. The zero-order chi connectivity index (χ0) is 17.0. The van der Waals surface area contributed by atoms with Gasteiger partial charge in [-0.1, -0.05) is 31.4 Å². The maximum absolute atomic E-state index is 12.5. The van der Waals surface area contributed by atoms with Crippen LogP contribution in [-0.4, -0.2) is 15.5 Å². The van der Waals surface area contributed by atoms with Crippen molar-refractivity contribution < 1.29 is 13.2 Å². The van der Waals surface area contributed by atoms with Crippen molar-refractivity contribution in [1.82, 2.24) is 0 Å². The predicted molar refractivity (Wildman–Crippen MR) is 96.1 cm³/mol. The zero-order valence-corrected chi connectivity index (χ0v) is 14.7. The van der Waals surface area contributed by atoms with Gasteiger partial charge in [-0.2, -0.15) is 0 Å². The molecule has 1 aliphatic rings. The molecular formula is C19H23NO3S. The minimum Gasteiger partial charge on any atom is -0.497 e. The number of hydrogen-bond acceptors (Lipinski definition) is 3. The van der Waals surface area contributed by atoms with Gasteiger partial charge in [-0.15, -0.1) is 0 Å². The molecule has 1 aliphatic carbocycles. The second kappa shape index (κ2) is 7.26. The van der Waals surface area contributed by atoms with Crippen LogP contribution in [0, 0.1) is 0 Å². The second-order valence-corrected chi connectivity index (χ2v) is 7.92. The summed E-state index contributed by atoms with van der Waals surface area (Å²) in [4.78, 5) is 0.290. The molecule has 4 nitrogen and oxygen atoms in total. The molecule has 128 valence electrons. The molecule has 0 atom stereocenters.